The fourth-order valence-corrected chi connectivity index (χ4v) is 4.41. The molecule has 3 rings (SSSR count). The Bertz CT molecular complexity index is 617. The highest BCUT2D eigenvalue weighted by Crippen LogP contribution is 2.33. The first-order valence-corrected chi connectivity index (χ1v) is 9.86. The van der Waals surface area contributed by atoms with Crippen LogP contribution in [-0.4, -0.2) is 54.3 Å². The molecule has 2 aliphatic heterocycles. The van der Waals surface area contributed by atoms with E-state index >= 15 is 0 Å². The molecular weight excluding hydrogens is 362 g/mol. The summed E-state index contributed by atoms with van der Waals surface area (Å²) in [4.78, 5) is 28.1. The molecule has 2 aliphatic rings. The number of benzene rings is 1. The fraction of sp³-hybridized carbons (Fsp3) is 0.619. The molecule has 0 unspecified atom stereocenters. The Labute approximate surface area is 168 Å². The molecule has 2 heterocycles. The standard InChI is InChI=1S/C21H31N3O2.ClH/c1-16(25)23-11-9-17(10-12-23)7-8-21(26)24-14-19(13-22)20(15-24)18-5-3-2-4-6-18;/h2-6,17,19-20H,7-15,22H2,1H3;1H/t19-,20+;/m1./s1. The molecule has 0 bridgehead atoms. The van der Waals surface area contributed by atoms with Gasteiger partial charge in [-0.05, 0) is 43.2 Å². The lowest BCUT2D eigenvalue weighted by Gasteiger charge is -2.31. The Morgan fingerprint density at radius 1 is 1.07 bits per heavy atom. The topological polar surface area (TPSA) is 66.6 Å². The van der Waals surface area contributed by atoms with Gasteiger partial charge in [0.05, 0.1) is 0 Å². The lowest BCUT2D eigenvalue weighted by Crippen LogP contribution is -2.37. The summed E-state index contributed by atoms with van der Waals surface area (Å²) >= 11 is 0. The van der Waals surface area contributed by atoms with Crippen molar-refractivity contribution in [2.24, 2.45) is 17.6 Å². The maximum absolute atomic E-state index is 12.7. The van der Waals surface area contributed by atoms with Crippen LogP contribution in [-0.2, 0) is 9.59 Å². The van der Waals surface area contributed by atoms with Crippen LogP contribution in [0.1, 0.15) is 44.1 Å². The quantitative estimate of drug-likeness (QED) is 0.836. The van der Waals surface area contributed by atoms with Crippen molar-refractivity contribution in [2.45, 2.75) is 38.5 Å². The van der Waals surface area contributed by atoms with Gasteiger partial charge in [0.1, 0.15) is 0 Å². The molecule has 1 aromatic rings. The van der Waals surface area contributed by atoms with Gasteiger partial charge in [-0.2, -0.15) is 0 Å². The smallest absolute Gasteiger partial charge is 0.222 e. The van der Waals surface area contributed by atoms with E-state index < -0.39 is 0 Å². The van der Waals surface area contributed by atoms with E-state index in [1.807, 2.05) is 15.9 Å². The van der Waals surface area contributed by atoms with E-state index in [4.69, 9.17) is 5.73 Å². The van der Waals surface area contributed by atoms with Crippen molar-refractivity contribution in [1.29, 1.82) is 0 Å². The highest BCUT2D eigenvalue weighted by Gasteiger charge is 2.35. The van der Waals surface area contributed by atoms with E-state index in [1.54, 1.807) is 6.92 Å². The minimum Gasteiger partial charge on any atom is -0.343 e. The van der Waals surface area contributed by atoms with Crippen LogP contribution in [0.5, 0.6) is 0 Å². The van der Waals surface area contributed by atoms with Crippen molar-refractivity contribution in [3.05, 3.63) is 35.9 Å². The number of likely N-dealkylation sites (tertiary alicyclic amines) is 2. The van der Waals surface area contributed by atoms with Gasteiger partial charge in [0.2, 0.25) is 11.8 Å². The Morgan fingerprint density at radius 3 is 2.33 bits per heavy atom. The minimum absolute atomic E-state index is 0. The molecule has 2 N–H and O–H groups in total. The molecule has 2 amide bonds. The molecule has 2 saturated heterocycles. The molecule has 0 saturated carbocycles. The van der Waals surface area contributed by atoms with Crippen LogP contribution in [0.2, 0.25) is 0 Å². The Morgan fingerprint density at radius 2 is 1.74 bits per heavy atom. The van der Waals surface area contributed by atoms with Crippen LogP contribution in [0.4, 0.5) is 0 Å². The zero-order valence-corrected chi connectivity index (χ0v) is 17.0. The van der Waals surface area contributed by atoms with E-state index in [0.29, 0.717) is 30.7 Å². The number of hydrogen-bond donors (Lipinski definition) is 1. The lowest BCUT2D eigenvalue weighted by molar-refractivity contribution is -0.132. The third-order valence-corrected chi connectivity index (χ3v) is 6.15. The van der Waals surface area contributed by atoms with Gasteiger partial charge < -0.3 is 15.5 Å². The fourth-order valence-electron chi connectivity index (χ4n) is 4.41. The van der Waals surface area contributed by atoms with Crippen LogP contribution in [0.15, 0.2) is 30.3 Å². The lowest BCUT2D eigenvalue weighted by atomic mass is 9.89. The Balaban J connectivity index is 0.00000261. The zero-order valence-electron chi connectivity index (χ0n) is 16.2. The van der Waals surface area contributed by atoms with E-state index in [0.717, 1.165) is 45.4 Å². The van der Waals surface area contributed by atoms with Crippen LogP contribution in [0.25, 0.3) is 0 Å². The van der Waals surface area contributed by atoms with E-state index in [-0.39, 0.29) is 24.2 Å². The zero-order chi connectivity index (χ0) is 18.5. The van der Waals surface area contributed by atoms with Crippen molar-refractivity contribution in [1.82, 2.24) is 9.80 Å². The number of carbonyl (C=O) groups is 2. The maximum atomic E-state index is 12.7. The summed E-state index contributed by atoms with van der Waals surface area (Å²) in [7, 11) is 0. The van der Waals surface area contributed by atoms with Gasteiger partial charge in [0.25, 0.3) is 0 Å². The highest BCUT2D eigenvalue weighted by molar-refractivity contribution is 5.85. The number of amides is 2. The molecule has 0 spiro atoms. The predicted molar refractivity (Wildman–Crippen MR) is 110 cm³/mol. The molecule has 1 aromatic carbocycles. The molecule has 2 fully saturated rings. The highest BCUT2D eigenvalue weighted by atomic mass is 35.5. The SMILES string of the molecule is CC(=O)N1CCC(CCC(=O)N2C[C@@H](CN)[C@H](c3ccccc3)C2)CC1.Cl. The molecule has 2 atom stereocenters. The van der Waals surface area contributed by atoms with Gasteiger partial charge in [-0.15, -0.1) is 12.4 Å². The third-order valence-electron chi connectivity index (χ3n) is 6.15. The molecular formula is C21H32ClN3O2. The van der Waals surface area contributed by atoms with E-state index in [1.165, 1.54) is 5.56 Å². The molecule has 150 valence electrons. The molecule has 0 aromatic heterocycles. The number of nitrogens with two attached hydrogens (primary N) is 1. The Kier molecular flexibility index (Phi) is 8.11. The van der Waals surface area contributed by atoms with Crippen LogP contribution < -0.4 is 5.73 Å². The molecule has 0 aliphatic carbocycles. The number of hydrogen-bond acceptors (Lipinski definition) is 3. The number of halogens is 1. The molecule has 5 nitrogen and oxygen atoms in total. The third kappa shape index (κ3) is 5.45. The van der Waals surface area contributed by atoms with Gasteiger partial charge >= 0.3 is 0 Å². The van der Waals surface area contributed by atoms with E-state index in [9.17, 15) is 9.59 Å². The van der Waals surface area contributed by atoms with Gasteiger partial charge in [0.15, 0.2) is 0 Å². The first kappa shape index (κ1) is 21.7. The van der Waals surface area contributed by atoms with E-state index in [2.05, 4.69) is 24.3 Å². The second kappa shape index (κ2) is 10.1. The maximum Gasteiger partial charge on any atom is 0.222 e. The summed E-state index contributed by atoms with van der Waals surface area (Å²) in [5.41, 5.74) is 7.27. The van der Waals surface area contributed by atoms with Gasteiger partial charge in [-0.25, -0.2) is 0 Å². The summed E-state index contributed by atoms with van der Waals surface area (Å²) in [6, 6.07) is 10.4. The molecule has 27 heavy (non-hydrogen) atoms. The summed E-state index contributed by atoms with van der Waals surface area (Å²) in [6.45, 7) is 5.48. The number of carbonyl (C=O) groups excluding carboxylic acids is 2. The second-order valence-electron chi connectivity index (χ2n) is 7.80. The molecule has 6 heteroatoms. The first-order chi connectivity index (χ1) is 12.6. The summed E-state index contributed by atoms with van der Waals surface area (Å²) in [5.74, 6) is 1.68. The largest absolute Gasteiger partial charge is 0.343 e. The van der Waals surface area contributed by atoms with Crippen molar-refractivity contribution in [3.63, 3.8) is 0 Å². The first-order valence-electron chi connectivity index (χ1n) is 9.86. The number of piperidine rings is 1. The van der Waals surface area contributed by atoms with Crippen molar-refractivity contribution >= 4 is 24.2 Å². The average Bonchev–Trinajstić information content (AvgIpc) is 3.11. The van der Waals surface area contributed by atoms with Crippen LogP contribution in [0.3, 0.4) is 0 Å². The van der Waals surface area contributed by atoms with Crippen LogP contribution in [0, 0.1) is 11.8 Å². The van der Waals surface area contributed by atoms with Gasteiger partial charge in [-0.3, -0.25) is 9.59 Å². The molecule has 0 radical (unpaired) electrons. The minimum atomic E-state index is 0. The Hall–Kier alpha value is -1.59. The summed E-state index contributed by atoms with van der Waals surface area (Å²) < 4.78 is 0. The average molecular weight is 394 g/mol. The summed E-state index contributed by atoms with van der Waals surface area (Å²) in [5, 5.41) is 0. The van der Waals surface area contributed by atoms with Gasteiger partial charge in [-0.1, -0.05) is 30.3 Å². The number of nitrogens with zero attached hydrogens (tertiary/aromatic N) is 2. The van der Waals surface area contributed by atoms with Crippen molar-refractivity contribution in [2.75, 3.05) is 32.7 Å². The number of rotatable bonds is 5. The van der Waals surface area contributed by atoms with Crippen LogP contribution >= 0.6 is 12.4 Å². The van der Waals surface area contributed by atoms with Gasteiger partial charge in [0, 0.05) is 45.4 Å². The van der Waals surface area contributed by atoms with Crippen molar-refractivity contribution < 1.29 is 9.59 Å². The normalized spacial score (nSPS) is 23.2. The van der Waals surface area contributed by atoms with Crippen molar-refractivity contribution in [3.8, 4) is 0 Å². The predicted octanol–water partition coefficient (Wildman–Crippen LogP) is 2.65. The second-order valence-corrected chi connectivity index (χ2v) is 7.80. The summed E-state index contributed by atoms with van der Waals surface area (Å²) in [6.07, 6.45) is 3.59. The monoisotopic (exact) mass is 393 g/mol.